The summed E-state index contributed by atoms with van der Waals surface area (Å²) in [6.07, 6.45) is 18.5. The van der Waals surface area contributed by atoms with Gasteiger partial charge in [-0.3, -0.25) is 33.0 Å². The number of ether oxygens (including phenoxy) is 6. The van der Waals surface area contributed by atoms with Gasteiger partial charge in [0.15, 0.2) is 11.6 Å². The van der Waals surface area contributed by atoms with Gasteiger partial charge in [-0.15, -0.1) is 11.8 Å². The van der Waals surface area contributed by atoms with Crippen molar-refractivity contribution in [3.63, 3.8) is 0 Å². The van der Waals surface area contributed by atoms with Crippen LogP contribution in [0.25, 0.3) is 0 Å². The lowest BCUT2D eigenvalue weighted by Crippen LogP contribution is -2.33. The second-order valence-corrected chi connectivity index (χ2v) is 21.0. The van der Waals surface area contributed by atoms with Crippen molar-refractivity contribution >= 4 is 57.6 Å². The third-order valence-electron chi connectivity index (χ3n) is 11.6. The third kappa shape index (κ3) is 17.3. The number of esters is 2. The van der Waals surface area contributed by atoms with Crippen LogP contribution in [0.1, 0.15) is 186 Å². The minimum Gasteiger partial charge on any atom is -0.496 e. The monoisotopic (exact) mass is 996 g/mol. The lowest BCUT2D eigenvalue weighted by Gasteiger charge is -2.22. The van der Waals surface area contributed by atoms with E-state index < -0.39 is 38.8 Å². The van der Waals surface area contributed by atoms with Crippen molar-refractivity contribution in [2.45, 2.75) is 155 Å². The Labute approximate surface area is 417 Å². The molecule has 0 saturated carbocycles. The van der Waals surface area contributed by atoms with Crippen molar-refractivity contribution in [2.75, 3.05) is 41.7 Å². The quantitative estimate of drug-likeness (QED) is 0.0534. The maximum absolute atomic E-state index is 13.6. The number of Topliss-reactive ketones (excluding diaryl/α,β-unsaturated/α-hetero) is 2. The fourth-order valence-electron chi connectivity index (χ4n) is 7.85. The van der Waals surface area contributed by atoms with Crippen molar-refractivity contribution in [2.24, 2.45) is 11.8 Å². The maximum Gasteiger partial charge on any atom is 0.322 e. The highest BCUT2D eigenvalue weighted by atomic mass is 32.2. The number of carbonyl (C=O) groups excluding carboxylic acids is 6. The normalized spacial score (nSPS) is 14.4. The minimum absolute atomic E-state index is 0.00734. The number of rotatable bonds is 30. The zero-order chi connectivity index (χ0) is 51.0. The molecule has 0 saturated heterocycles. The van der Waals surface area contributed by atoms with E-state index in [-0.39, 0.29) is 79.5 Å². The first-order chi connectivity index (χ1) is 33.1. The summed E-state index contributed by atoms with van der Waals surface area (Å²) in [5, 5.41) is -1.57. The van der Waals surface area contributed by atoms with Crippen LogP contribution in [0.3, 0.4) is 0 Å². The molecule has 0 amide bonds. The molecular weight excluding hydrogens is 921 g/mol. The molecule has 2 aliphatic rings. The molecule has 0 radical (unpaired) electrons. The van der Waals surface area contributed by atoms with E-state index in [2.05, 4.69) is 13.8 Å². The Balaban J connectivity index is 0.000000365. The summed E-state index contributed by atoms with van der Waals surface area (Å²) in [7, 11) is 3.65. The van der Waals surface area contributed by atoms with Crippen LogP contribution in [0.4, 0.5) is 0 Å². The van der Waals surface area contributed by atoms with E-state index in [4.69, 9.17) is 28.4 Å². The van der Waals surface area contributed by atoms with Crippen LogP contribution >= 0.6 is 11.8 Å². The van der Waals surface area contributed by atoms with E-state index in [9.17, 15) is 33.0 Å². The van der Waals surface area contributed by atoms with Crippen LogP contribution in [0, 0.1) is 11.8 Å². The molecule has 0 aliphatic heterocycles. The highest BCUT2D eigenvalue weighted by molar-refractivity contribution is 8.05. The van der Waals surface area contributed by atoms with E-state index in [1.807, 2.05) is 27.7 Å². The Morgan fingerprint density at radius 2 is 0.913 bits per heavy atom. The van der Waals surface area contributed by atoms with E-state index in [1.165, 1.54) is 85.5 Å². The molecule has 0 bridgehead atoms. The number of allylic oxidation sites excluding steroid dienone is 4. The molecule has 4 rings (SSSR count). The first kappa shape index (κ1) is 58.6. The van der Waals surface area contributed by atoms with E-state index in [1.54, 1.807) is 18.2 Å². The Hall–Kier alpha value is -4.76. The second-order valence-electron chi connectivity index (χ2n) is 18.1. The summed E-state index contributed by atoms with van der Waals surface area (Å²) in [6.45, 7) is 12.7. The molecule has 2 aromatic rings. The van der Waals surface area contributed by atoms with Crippen molar-refractivity contribution in [1.29, 1.82) is 0 Å². The molecule has 13 nitrogen and oxygen atoms in total. The average molecular weight is 997 g/mol. The summed E-state index contributed by atoms with van der Waals surface area (Å²) >= 11 is 1.13. The number of unbranched alkanes of at least 4 members (excludes halogenated alkanes) is 12. The fraction of sp³-hybridized carbons (Fsp3) is 0.593. The van der Waals surface area contributed by atoms with E-state index in [0.29, 0.717) is 37.4 Å². The van der Waals surface area contributed by atoms with Crippen molar-refractivity contribution in [3.05, 3.63) is 68.5 Å². The molecule has 15 heteroatoms. The van der Waals surface area contributed by atoms with Crippen LogP contribution < -0.4 is 18.9 Å². The van der Waals surface area contributed by atoms with Crippen LogP contribution in [0.2, 0.25) is 0 Å². The first-order valence-corrected chi connectivity index (χ1v) is 26.7. The van der Waals surface area contributed by atoms with Gasteiger partial charge in [0.2, 0.25) is 11.6 Å². The SMILES string of the molecule is CCCCCCCCCC(C(=O)OCC(C)C)S(=O)C1=CC(=O)c2c(OC)ccc(OC)c2C1=O.CCCCCCCCCC(SC1=CC(=O)c2c(OC)ccc(OC)c2C1=O)C(=O)OCC(C)C. The smallest absolute Gasteiger partial charge is 0.322 e. The van der Waals surface area contributed by atoms with E-state index in [0.717, 1.165) is 56.4 Å². The molecule has 69 heavy (non-hydrogen) atoms. The standard InChI is InChI=1S/C27H38O7S.C27H38O6S/c1-6-7-8-9-10-11-12-13-22(27(30)34-17-18(2)3)35(31)23-16-19(28)24-20(32-4)14-15-21(33-5)25(24)26(23)29;1-6-7-8-9-10-11-12-13-22(27(30)33-17-18(2)3)34-23-16-19(28)24-20(31-4)14-15-21(32-5)25(24)26(23)29/h14-16,18,22H,6-13,17H2,1-5H3;14-16,18,22H,6-13,17H2,1-5H3. The number of thioether (sulfide) groups is 1. The van der Waals surface area contributed by atoms with Gasteiger partial charge in [0.1, 0.15) is 33.5 Å². The molecule has 2 aliphatic carbocycles. The van der Waals surface area contributed by atoms with Gasteiger partial charge in [-0.2, -0.15) is 0 Å². The molecule has 2 aromatic carbocycles. The van der Waals surface area contributed by atoms with Gasteiger partial charge >= 0.3 is 11.9 Å². The number of hydrogen-bond donors (Lipinski definition) is 0. The van der Waals surface area contributed by atoms with Gasteiger partial charge in [0, 0.05) is 12.2 Å². The summed E-state index contributed by atoms with van der Waals surface area (Å²) in [5.74, 6) is -1.34. The molecule has 0 fully saturated rings. The number of methoxy groups -OCH3 is 4. The lowest BCUT2D eigenvalue weighted by atomic mass is 9.93. The van der Waals surface area contributed by atoms with Gasteiger partial charge in [-0.05, 0) is 48.9 Å². The molecule has 0 N–H and O–H groups in total. The fourth-order valence-corrected chi connectivity index (χ4v) is 10.4. The Kier molecular flexibility index (Phi) is 26.1. The Morgan fingerprint density at radius 3 is 1.36 bits per heavy atom. The third-order valence-corrected chi connectivity index (χ3v) is 14.5. The molecule has 382 valence electrons. The average Bonchev–Trinajstić information content (AvgIpc) is 3.34. The second kappa shape index (κ2) is 30.8. The van der Waals surface area contributed by atoms with Gasteiger partial charge in [-0.1, -0.05) is 131 Å². The summed E-state index contributed by atoms with van der Waals surface area (Å²) in [5.41, 5.74) is 0.459. The number of benzene rings is 2. The first-order valence-electron chi connectivity index (χ1n) is 24.6. The highest BCUT2D eigenvalue weighted by Gasteiger charge is 2.39. The highest BCUT2D eigenvalue weighted by Crippen LogP contribution is 2.41. The van der Waals surface area contributed by atoms with Crippen molar-refractivity contribution in [1.82, 2.24) is 0 Å². The largest absolute Gasteiger partial charge is 0.496 e. The number of ketones is 4. The van der Waals surface area contributed by atoms with Gasteiger partial charge in [0.05, 0.1) is 84.5 Å². The lowest BCUT2D eigenvalue weighted by molar-refractivity contribution is -0.145. The summed E-state index contributed by atoms with van der Waals surface area (Å²) < 4.78 is 45.7. The minimum atomic E-state index is -2.06. The maximum atomic E-state index is 13.6. The van der Waals surface area contributed by atoms with Crippen LogP contribution in [0.15, 0.2) is 46.2 Å². The predicted octanol–water partition coefficient (Wildman–Crippen LogP) is 11.8. The predicted molar refractivity (Wildman–Crippen MR) is 273 cm³/mol. The Bertz CT molecular complexity index is 2150. The van der Waals surface area contributed by atoms with Crippen molar-refractivity contribution < 1.29 is 61.4 Å². The topological polar surface area (TPSA) is 175 Å². The van der Waals surface area contributed by atoms with Crippen LogP contribution in [-0.4, -0.2) is 91.4 Å². The van der Waals surface area contributed by atoms with Crippen LogP contribution in [-0.2, 0) is 29.9 Å². The molecule has 3 atom stereocenters. The number of carbonyl (C=O) groups is 6. The Morgan fingerprint density at radius 1 is 0.522 bits per heavy atom. The molecule has 0 spiro atoms. The molecule has 3 unspecified atom stereocenters. The van der Waals surface area contributed by atoms with Gasteiger partial charge in [0.25, 0.3) is 0 Å². The van der Waals surface area contributed by atoms with Gasteiger partial charge in [-0.25, -0.2) is 0 Å². The summed E-state index contributed by atoms with van der Waals surface area (Å²) in [6, 6.07) is 6.30. The van der Waals surface area contributed by atoms with Crippen molar-refractivity contribution in [3.8, 4) is 23.0 Å². The zero-order valence-corrected chi connectivity index (χ0v) is 44.3. The van der Waals surface area contributed by atoms with E-state index >= 15 is 0 Å². The van der Waals surface area contributed by atoms with Crippen LogP contribution in [0.5, 0.6) is 23.0 Å². The molecule has 0 heterocycles. The molecule has 0 aromatic heterocycles. The van der Waals surface area contributed by atoms with Gasteiger partial charge < -0.3 is 28.4 Å². The zero-order valence-electron chi connectivity index (χ0n) is 42.6. The summed E-state index contributed by atoms with van der Waals surface area (Å²) in [4.78, 5) is 78.5. The molecular formula is C54H76O13S2. The number of hydrogen-bond acceptors (Lipinski definition) is 14. The number of fused-ring (bicyclic) bond motifs is 2.